The Labute approximate surface area is 205 Å². The summed E-state index contributed by atoms with van der Waals surface area (Å²) in [5, 5.41) is 14.9. The molecule has 1 fully saturated rings. The van der Waals surface area contributed by atoms with Crippen LogP contribution < -0.4 is 10.6 Å². The van der Waals surface area contributed by atoms with Gasteiger partial charge in [0.2, 0.25) is 5.95 Å². The van der Waals surface area contributed by atoms with Gasteiger partial charge in [0.15, 0.2) is 6.29 Å². The van der Waals surface area contributed by atoms with Crippen LogP contribution in [0, 0.1) is 0 Å². The Morgan fingerprint density at radius 2 is 1.70 bits per heavy atom. The fraction of sp³-hybridized carbons (Fsp3) is 0.391. The van der Waals surface area contributed by atoms with E-state index < -0.39 is 59.8 Å². The molecule has 1 aromatic heterocycles. The number of aliphatic hydroxyl groups is 1. The molecule has 0 amide bonds. The van der Waals surface area contributed by atoms with Crippen molar-refractivity contribution >= 4 is 5.95 Å². The molecule has 2 aromatic carbocycles. The van der Waals surface area contributed by atoms with Crippen molar-refractivity contribution in [2.45, 2.75) is 37.2 Å². The second-order valence-corrected chi connectivity index (χ2v) is 8.33. The first-order chi connectivity index (χ1) is 17.5. The molecule has 3 atom stereocenters. The van der Waals surface area contributed by atoms with Gasteiger partial charge >= 0.3 is 18.0 Å². The molecule has 200 valence electrons. The number of halogens is 6. The van der Waals surface area contributed by atoms with E-state index in [9.17, 15) is 36.2 Å². The Morgan fingerprint density at radius 3 is 2.24 bits per heavy atom. The Balaban J connectivity index is 1.69. The topological polar surface area (TPSA) is 103 Å². The van der Waals surface area contributed by atoms with E-state index in [1.165, 1.54) is 0 Å². The molecule has 0 radical (unpaired) electrons. The number of aromatic nitrogens is 3. The predicted octanol–water partition coefficient (Wildman–Crippen LogP) is 3.66. The van der Waals surface area contributed by atoms with Gasteiger partial charge in [-0.3, -0.25) is 5.10 Å². The first-order valence-corrected chi connectivity index (χ1v) is 11.1. The highest BCUT2D eigenvalue weighted by Crippen LogP contribution is 2.38. The smallest absolute Gasteiger partial charge is 0.393 e. The van der Waals surface area contributed by atoms with E-state index in [4.69, 9.17) is 9.47 Å². The fourth-order valence-electron chi connectivity index (χ4n) is 4.10. The number of hydrogen-bond donors (Lipinski definition) is 3. The van der Waals surface area contributed by atoms with Gasteiger partial charge in [-0.05, 0) is 35.7 Å². The maximum Gasteiger partial charge on any atom is 0.416 e. The zero-order chi connectivity index (χ0) is 26.8. The molecule has 3 N–H and O–H groups in total. The summed E-state index contributed by atoms with van der Waals surface area (Å²) in [6.45, 7) is -0.626. The number of rotatable bonds is 7. The number of H-pyrrole nitrogens is 2. The Bertz CT molecular complexity index is 1210. The molecule has 37 heavy (non-hydrogen) atoms. The van der Waals surface area contributed by atoms with Crippen molar-refractivity contribution in [3.8, 4) is 0 Å². The van der Waals surface area contributed by atoms with E-state index in [0.717, 1.165) is 5.56 Å². The van der Waals surface area contributed by atoms with Crippen molar-refractivity contribution in [3.63, 3.8) is 0 Å². The molecule has 0 bridgehead atoms. The van der Waals surface area contributed by atoms with E-state index in [0.29, 0.717) is 12.1 Å². The highest BCUT2D eigenvalue weighted by Gasteiger charge is 2.40. The molecule has 8 nitrogen and oxygen atoms in total. The van der Waals surface area contributed by atoms with Gasteiger partial charge in [0, 0.05) is 6.54 Å². The summed E-state index contributed by atoms with van der Waals surface area (Å²) in [6.07, 6.45) is -12.7. The molecule has 14 heteroatoms. The Kier molecular flexibility index (Phi) is 7.62. The molecule has 2 unspecified atom stereocenters. The van der Waals surface area contributed by atoms with Crippen molar-refractivity contribution in [2.75, 3.05) is 24.7 Å². The van der Waals surface area contributed by atoms with Gasteiger partial charge in [-0.2, -0.15) is 31.3 Å². The minimum atomic E-state index is -5.06. The maximum atomic E-state index is 13.4. The number of aliphatic hydroxyl groups excluding tert-OH is 1. The summed E-state index contributed by atoms with van der Waals surface area (Å²) in [5.41, 5.74) is -3.40. The normalized spacial score (nSPS) is 19.7. The first-order valence-electron chi connectivity index (χ1n) is 11.1. The van der Waals surface area contributed by atoms with E-state index in [-0.39, 0.29) is 31.6 Å². The van der Waals surface area contributed by atoms with Crippen molar-refractivity contribution in [1.29, 1.82) is 0 Å². The number of benzene rings is 2. The van der Waals surface area contributed by atoms with Crippen molar-refractivity contribution < 1.29 is 40.9 Å². The van der Waals surface area contributed by atoms with Crippen LogP contribution in [-0.2, 0) is 28.2 Å². The van der Waals surface area contributed by atoms with Crippen LogP contribution in [-0.4, -0.2) is 52.4 Å². The number of ether oxygens (including phenoxy) is 2. The third-order valence-electron chi connectivity index (χ3n) is 5.82. The summed E-state index contributed by atoms with van der Waals surface area (Å²) < 4.78 is 91.7. The SMILES string of the molecule is O=c1nc(N2CCOC(O[C@@H](CO)c3cc(C(F)(F)F)cc(C(F)(F)F)c3)C2Cc2ccccc2)[nH][nH]1. The monoisotopic (exact) mass is 532 g/mol. The van der Waals surface area contributed by atoms with Gasteiger partial charge in [0.25, 0.3) is 0 Å². The lowest BCUT2D eigenvalue weighted by Gasteiger charge is -2.41. The van der Waals surface area contributed by atoms with Gasteiger partial charge in [-0.1, -0.05) is 30.3 Å². The zero-order valence-electron chi connectivity index (χ0n) is 19.0. The number of nitrogens with zero attached hydrogens (tertiary/aromatic N) is 2. The van der Waals surface area contributed by atoms with Crippen molar-refractivity contribution in [1.82, 2.24) is 15.2 Å². The predicted molar refractivity (Wildman–Crippen MR) is 118 cm³/mol. The third kappa shape index (κ3) is 6.32. The number of aromatic amines is 2. The van der Waals surface area contributed by atoms with Crippen LogP contribution in [0.4, 0.5) is 32.3 Å². The number of alkyl halides is 6. The summed E-state index contributed by atoms with van der Waals surface area (Å²) in [5.74, 6) is 0.154. The Hall–Kier alpha value is -3.36. The first kappa shape index (κ1) is 26.7. The lowest BCUT2D eigenvalue weighted by atomic mass is 10.0. The molecule has 1 aliphatic heterocycles. The van der Waals surface area contributed by atoms with Crippen molar-refractivity contribution in [2.24, 2.45) is 0 Å². The number of nitrogens with one attached hydrogen (secondary N) is 2. The van der Waals surface area contributed by atoms with Crippen LogP contribution >= 0.6 is 0 Å². The molecular formula is C23H22F6N4O4. The minimum Gasteiger partial charge on any atom is -0.393 e. The Morgan fingerprint density at radius 1 is 1.05 bits per heavy atom. The average molecular weight is 532 g/mol. The molecule has 1 saturated heterocycles. The summed E-state index contributed by atoms with van der Waals surface area (Å²) >= 11 is 0. The van der Waals surface area contributed by atoms with Crippen LogP contribution in [0.3, 0.4) is 0 Å². The molecule has 2 heterocycles. The second kappa shape index (κ2) is 10.6. The molecule has 1 aliphatic rings. The molecular weight excluding hydrogens is 510 g/mol. The largest absolute Gasteiger partial charge is 0.416 e. The van der Waals surface area contributed by atoms with Crippen LogP contribution in [0.2, 0.25) is 0 Å². The number of hydrogen-bond acceptors (Lipinski definition) is 6. The van der Waals surface area contributed by atoms with Gasteiger partial charge in [0.05, 0.1) is 30.4 Å². The van der Waals surface area contributed by atoms with Crippen LogP contribution in [0.1, 0.15) is 28.4 Å². The standard InChI is InChI=1S/C23H22F6N4O4/c24-22(25,26)15-9-14(10-16(11-15)23(27,28)29)18(12-34)37-19-17(8-13-4-2-1-3-5-13)33(6-7-36-19)20-30-21(35)32-31-20/h1-5,9-11,17-19,34H,6-8,12H2,(H2,30,31,32,35)/t17?,18-,19?/m0/s1. The number of morpholine rings is 1. The lowest BCUT2D eigenvalue weighted by molar-refractivity contribution is -0.201. The number of anilines is 1. The van der Waals surface area contributed by atoms with E-state index in [2.05, 4.69) is 15.2 Å². The van der Waals surface area contributed by atoms with Crippen LogP contribution in [0.5, 0.6) is 0 Å². The lowest BCUT2D eigenvalue weighted by Crippen LogP contribution is -2.54. The minimum absolute atomic E-state index is 0.00288. The summed E-state index contributed by atoms with van der Waals surface area (Å²) in [6, 6.07) is 9.29. The highest BCUT2D eigenvalue weighted by molar-refractivity contribution is 5.36. The van der Waals surface area contributed by atoms with Gasteiger partial charge in [-0.15, -0.1) is 0 Å². The second-order valence-electron chi connectivity index (χ2n) is 8.33. The molecule has 0 saturated carbocycles. The zero-order valence-corrected chi connectivity index (χ0v) is 19.0. The summed E-state index contributed by atoms with van der Waals surface area (Å²) in [4.78, 5) is 17.1. The van der Waals surface area contributed by atoms with Gasteiger partial charge < -0.3 is 19.5 Å². The van der Waals surface area contributed by atoms with E-state index in [1.807, 2.05) is 12.1 Å². The van der Waals surface area contributed by atoms with Crippen LogP contribution in [0.25, 0.3) is 0 Å². The summed E-state index contributed by atoms with van der Waals surface area (Å²) in [7, 11) is 0. The van der Waals surface area contributed by atoms with E-state index in [1.54, 1.807) is 23.1 Å². The quantitative estimate of drug-likeness (QED) is 0.402. The van der Waals surface area contributed by atoms with E-state index >= 15 is 0 Å². The van der Waals surface area contributed by atoms with Gasteiger partial charge in [0.1, 0.15) is 6.10 Å². The average Bonchev–Trinajstić information content (AvgIpc) is 3.28. The third-order valence-corrected chi connectivity index (χ3v) is 5.82. The van der Waals surface area contributed by atoms with Crippen LogP contribution in [0.15, 0.2) is 53.3 Å². The highest BCUT2D eigenvalue weighted by atomic mass is 19.4. The van der Waals surface area contributed by atoms with Crippen molar-refractivity contribution in [3.05, 3.63) is 81.3 Å². The molecule has 0 aliphatic carbocycles. The maximum absolute atomic E-state index is 13.4. The molecule has 4 rings (SSSR count). The molecule has 3 aromatic rings. The van der Waals surface area contributed by atoms with Gasteiger partial charge in [-0.25, -0.2) is 9.89 Å². The molecule has 0 spiro atoms. The fourth-order valence-corrected chi connectivity index (χ4v) is 4.10.